The first kappa shape index (κ1) is 20.5. The number of rotatable bonds is 8. The largest absolute Gasteiger partial charge is 0.364 e. The Hall–Kier alpha value is -3.23. The van der Waals surface area contributed by atoms with Crippen LogP contribution < -0.4 is 16.4 Å². The standard InChI is InChI=1S/C20H26N6O3/c1-13(23-18(27)10-11-22-20(29)15-4-2-3-5-15)14-6-8-16(9-7-14)26-12-17(19(21)28)24-25-26/h6-9,12-13,15H,2-5,10-11H2,1H3,(H2,21,28)(H,22,29)(H,23,27). The third-order valence-electron chi connectivity index (χ3n) is 5.16. The molecule has 1 aliphatic rings. The maximum Gasteiger partial charge on any atom is 0.270 e. The zero-order valence-electron chi connectivity index (χ0n) is 16.4. The van der Waals surface area contributed by atoms with E-state index in [4.69, 9.17) is 5.73 Å². The number of nitrogens with two attached hydrogens (primary N) is 1. The molecule has 1 heterocycles. The highest BCUT2D eigenvalue weighted by Crippen LogP contribution is 2.24. The molecular weight excluding hydrogens is 372 g/mol. The summed E-state index contributed by atoms with van der Waals surface area (Å²) in [7, 11) is 0. The molecule has 0 saturated heterocycles. The average molecular weight is 398 g/mol. The molecule has 4 N–H and O–H groups in total. The normalized spacial score (nSPS) is 15.1. The van der Waals surface area contributed by atoms with E-state index in [9.17, 15) is 14.4 Å². The summed E-state index contributed by atoms with van der Waals surface area (Å²) in [6, 6.07) is 7.19. The first-order valence-corrected chi connectivity index (χ1v) is 9.83. The summed E-state index contributed by atoms with van der Waals surface area (Å²) in [4.78, 5) is 35.2. The minimum absolute atomic E-state index is 0.0616. The van der Waals surface area contributed by atoms with Crippen molar-refractivity contribution in [1.29, 1.82) is 0 Å². The van der Waals surface area contributed by atoms with Gasteiger partial charge in [-0.05, 0) is 37.5 Å². The van der Waals surface area contributed by atoms with Crippen molar-refractivity contribution in [2.75, 3.05) is 6.54 Å². The van der Waals surface area contributed by atoms with Gasteiger partial charge in [0.2, 0.25) is 11.8 Å². The van der Waals surface area contributed by atoms with Crippen LogP contribution in [0, 0.1) is 5.92 Å². The van der Waals surface area contributed by atoms with Gasteiger partial charge in [0.05, 0.1) is 17.9 Å². The molecule has 29 heavy (non-hydrogen) atoms. The molecule has 1 fully saturated rings. The second-order valence-corrected chi connectivity index (χ2v) is 7.32. The third kappa shape index (κ3) is 5.40. The molecule has 1 aromatic carbocycles. The quantitative estimate of drug-likeness (QED) is 0.615. The summed E-state index contributed by atoms with van der Waals surface area (Å²) in [6.45, 7) is 2.24. The van der Waals surface area contributed by atoms with Crippen molar-refractivity contribution in [2.45, 2.75) is 45.1 Å². The molecule has 9 heteroatoms. The van der Waals surface area contributed by atoms with E-state index in [0.29, 0.717) is 6.54 Å². The Morgan fingerprint density at radius 1 is 1.21 bits per heavy atom. The fourth-order valence-electron chi connectivity index (χ4n) is 3.45. The first-order chi connectivity index (χ1) is 13.9. The number of hydrogen-bond acceptors (Lipinski definition) is 5. The van der Waals surface area contributed by atoms with Crippen molar-refractivity contribution >= 4 is 17.7 Å². The van der Waals surface area contributed by atoms with E-state index >= 15 is 0 Å². The summed E-state index contributed by atoms with van der Waals surface area (Å²) in [5.41, 5.74) is 6.92. The van der Waals surface area contributed by atoms with E-state index in [2.05, 4.69) is 20.9 Å². The van der Waals surface area contributed by atoms with Gasteiger partial charge in [0.25, 0.3) is 5.91 Å². The van der Waals surface area contributed by atoms with Gasteiger partial charge < -0.3 is 16.4 Å². The van der Waals surface area contributed by atoms with Gasteiger partial charge in [0, 0.05) is 18.9 Å². The van der Waals surface area contributed by atoms with E-state index in [1.165, 1.54) is 10.9 Å². The molecule has 9 nitrogen and oxygen atoms in total. The Kier molecular flexibility index (Phi) is 6.58. The van der Waals surface area contributed by atoms with Crippen LogP contribution in [-0.2, 0) is 9.59 Å². The van der Waals surface area contributed by atoms with Gasteiger partial charge in [0.15, 0.2) is 5.69 Å². The van der Waals surface area contributed by atoms with Crippen molar-refractivity contribution < 1.29 is 14.4 Å². The first-order valence-electron chi connectivity index (χ1n) is 9.83. The number of nitrogens with one attached hydrogen (secondary N) is 2. The molecule has 0 bridgehead atoms. The van der Waals surface area contributed by atoms with E-state index in [-0.39, 0.29) is 35.9 Å². The topological polar surface area (TPSA) is 132 Å². The lowest BCUT2D eigenvalue weighted by Gasteiger charge is -2.15. The lowest BCUT2D eigenvalue weighted by atomic mass is 10.1. The van der Waals surface area contributed by atoms with Crippen molar-refractivity contribution in [2.24, 2.45) is 11.7 Å². The van der Waals surface area contributed by atoms with Crippen LogP contribution in [0.3, 0.4) is 0 Å². The van der Waals surface area contributed by atoms with Crippen molar-refractivity contribution in [3.8, 4) is 5.69 Å². The number of amides is 3. The SMILES string of the molecule is CC(NC(=O)CCNC(=O)C1CCCC1)c1ccc(-n2cc(C(N)=O)nn2)cc1. The molecule has 3 amide bonds. The zero-order valence-corrected chi connectivity index (χ0v) is 16.4. The average Bonchev–Trinajstić information content (AvgIpc) is 3.40. The lowest BCUT2D eigenvalue weighted by molar-refractivity contribution is -0.125. The number of carbonyl (C=O) groups excluding carboxylic acids is 3. The summed E-state index contributed by atoms with van der Waals surface area (Å²) in [5, 5.41) is 13.4. The Labute approximate surface area is 169 Å². The monoisotopic (exact) mass is 398 g/mol. The summed E-state index contributed by atoms with van der Waals surface area (Å²) >= 11 is 0. The highest BCUT2D eigenvalue weighted by Gasteiger charge is 2.22. The minimum Gasteiger partial charge on any atom is -0.364 e. The highest BCUT2D eigenvalue weighted by molar-refractivity contribution is 5.90. The number of nitrogens with zero attached hydrogens (tertiary/aromatic N) is 3. The molecule has 1 aromatic heterocycles. The van der Waals surface area contributed by atoms with Crippen LogP contribution in [0.5, 0.6) is 0 Å². The molecule has 2 aromatic rings. The second-order valence-electron chi connectivity index (χ2n) is 7.32. The number of carbonyl (C=O) groups is 3. The Morgan fingerprint density at radius 2 is 1.90 bits per heavy atom. The van der Waals surface area contributed by atoms with Gasteiger partial charge in [-0.1, -0.05) is 30.2 Å². The van der Waals surface area contributed by atoms with Gasteiger partial charge in [0.1, 0.15) is 0 Å². The molecule has 0 radical (unpaired) electrons. The van der Waals surface area contributed by atoms with Gasteiger partial charge in [-0.25, -0.2) is 4.68 Å². The van der Waals surface area contributed by atoms with E-state index in [0.717, 1.165) is 36.9 Å². The smallest absolute Gasteiger partial charge is 0.270 e. The van der Waals surface area contributed by atoms with Crippen LogP contribution in [0.15, 0.2) is 30.5 Å². The van der Waals surface area contributed by atoms with Crippen LogP contribution >= 0.6 is 0 Å². The molecule has 1 saturated carbocycles. The van der Waals surface area contributed by atoms with Gasteiger partial charge >= 0.3 is 0 Å². The highest BCUT2D eigenvalue weighted by atomic mass is 16.2. The lowest BCUT2D eigenvalue weighted by Crippen LogP contribution is -2.34. The van der Waals surface area contributed by atoms with E-state index in [1.807, 2.05) is 31.2 Å². The molecule has 1 aliphatic carbocycles. The van der Waals surface area contributed by atoms with Crippen molar-refractivity contribution in [3.63, 3.8) is 0 Å². The third-order valence-corrected chi connectivity index (χ3v) is 5.16. The van der Waals surface area contributed by atoms with E-state index < -0.39 is 5.91 Å². The Morgan fingerprint density at radius 3 is 2.52 bits per heavy atom. The maximum atomic E-state index is 12.2. The van der Waals surface area contributed by atoms with Gasteiger partial charge in [-0.15, -0.1) is 5.10 Å². The molecule has 1 unspecified atom stereocenters. The van der Waals surface area contributed by atoms with Crippen LogP contribution in [-0.4, -0.2) is 39.3 Å². The molecule has 0 spiro atoms. The summed E-state index contributed by atoms with van der Waals surface area (Å²) < 4.78 is 1.46. The summed E-state index contributed by atoms with van der Waals surface area (Å²) in [6.07, 6.45) is 5.82. The van der Waals surface area contributed by atoms with Crippen LogP contribution in [0.25, 0.3) is 5.69 Å². The fourth-order valence-corrected chi connectivity index (χ4v) is 3.45. The molecule has 154 valence electrons. The maximum absolute atomic E-state index is 12.2. The predicted molar refractivity (Wildman–Crippen MR) is 106 cm³/mol. The minimum atomic E-state index is -0.636. The van der Waals surface area contributed by atoms with Crippen LogP contribution in [0.2, 0.25) is 0 Å². The fraction of sp³-hybridized carbons (Fsp3) is 0.450. The number of primary amides is 1. The van der Waals surface area contributed by atoms with Crippen molar-refractivity contribution in [1.82, 2.24) is 25.6 Å². The molecule has 3 rings (SSSR count). The van der Waals surface area contributed by atoms with Gasteiger partial charge in [-0.2, -0.15) is 0 Å². The zero-order chi connectivity index (χ0) is 20.8. The predicted octanol–water partition coefficient (Wildman–Crippen LogP) is 1.24. The molecule has 0 aliphatic heterocycles. The number of hydrogen-bond donors (Lipinski definition) is 3. The second kappa shape index (κ2) is 9.31. The molecular formula is C20H26N6O3. The number of aromatic nitrogens is 3. The van der Waals surface area contributed by atoms with Crippen LogP contribution in [0.1, 0.15) is 61.1 Å². The summed E-state index contributed by atoms with van der Waals surface area (Å²) in [5.74, 6) is -0.578. The van der Waals surface area contributed by atoms with E-state index in [1.54, 1.807) is 0 Å². The van der Waals surface area contributed by atoms with Crippen molar-refractivity contribution in [3.05, 3.63) is 41.7 Å². The van der Waals surface area contributed by atoms with Crippen LogP contribution in [0.4, 0.5) is 0 Å². The number of benzene rings is 1. The Bertz CT molecular complexity index is 871. The van der Waals surface area contributed by atoms with Gasteiger partial charge in [-0.3, -0.25) is 14.4 Å². The molecule has 1 atom stereocenters. The Balaban J connectivity index is 1.46.